The molecule has 6 nitrogen and oxygen atoms in total. The van der Waals surface area contributed by atoms with E-state index >= 15 is 0 Å². The number of hydrogen-bond acceptors (Lipinski definition) is 6. The van der Waals surface area contributed by atoms with Crippen LogP contribution in [0.1, 0.15) is 106 Å². The zero-order valence-corrected chi connectivity index (χ0v) is 20.9. The third-order valence-electron chi connectivity index (χ3n) is 7.51. The van der Waals surface area contributed by atoms with Crippen LogP contribution in [0.4, 0.5) is 0 Å². The molecule has 0 aromatic heterocycles. The van der Waals surface area contributed by atoms with Crippen LogP contribution in [0.15, 0.2) is 24.3 Å². The molecule has 0 bridgehead atoms. The van der Waals surface area contributed by atoms with E-state index in [4.69, 9.17) is 14.2 Å². The molecule has 1 atom stereocenters. The summed E-state index contributed by atoms with van der Waals surface area (Å²) in [7, 11) is 0. The van der Waals surface area contributed by atoms with Crippen LogP contribution in [0, 0.1) is 17.8 Å². The first-order chi connectivity index (χ1) is 16.4. The molecule has 1 aromatic rings. The normalized spacial score (nSPS) is 25.7. The van der Waals surface area contributed by atoms with Gasteiger partial charge in [0.25, 0.3) is 0 Å². The Labute approximate surface area is 203 Å². The van der Waals surface area contributed by atoms with Crippen molar-refractivity contribution in [2.24, 2.45) is 17.8 Å². The zero-order valence-electron chi connectivity index (χ0n) is 20.9. The number of carbonyl (C=O) groups is 3. The van der Waals surface area contributed by atoms with E-state index in [2.05, 4.69) is 6.92 Å². The first kappa shape index (κ1) is 26.2. The molecular formula is C28H40O6. The maximum absolute atomic E-state index is 12.6. The standard InChI is InChI=1S/C28H40O6/c1-4-6-20-7-9-21(10-8-20)22-15-17-25(18-16-22)34-28(31)24-13-11-23(12-14-24)27(30)33-19(3)26(29)32-5-2/h11-14,19-22,25H,4-10,15-18H2,1-3H3/t19-,20?,21?,22?,25?/m1/s1. The van der Waals surface area contributed by atoms with Gasteiger partial charge < -0.3 is 14.2 Å². The second-order valence-corrected chi connectivity index (χ2v) is 9.89. The van der Waals surface area contributed by atoms with Gasteiger partial charge in [-0.2, -0.15) is 0 Å². The van der Waals surface area contributed by atoms with Crippen molar-refractivity contribution in [3.8, 4) is 0 Å². The molecule has 0 spiro atoms. The number of esters is 3. The van der Waals surface area contributed by atoms with Gasteiger partial charge in [0.05, 0.1) is 17.7 Å². The van der Waals surface area contributed by atoms with E-state index in [0.717, 1.165) is 43.4 Å². The fourth-order valence-electron chi connectivity index (χ4n) is 5.53. The lowest BCUT2D eigenvalue weighted by molar-refractivity contribution is -0.152. The van der Waals surface area contributed by atoms with Crippen molar-refractivity contribution < 1.29 is 28.6 Å². The Morgan fingerprint density at radius 3 is 1.88 bits per heavy atom. The Balaban J connectivity index is 1.42. The maximum Gasteiger partial charge on any atom is 0.347 e. The van der Waals surface area contributed by atoms with Gasteiger partial charge in [-0.25, -0.2) is 14.4 Å². The van der Waals surface area contributed by atoms with Crippen LogP contribution >= 0.6 is 0 Å². The minimum atomic E-state index is -0.987. The van der Waals surface area contributed by atoms with Crippen LogP contribution in [-0.2, 0) is 19.0 Å². The molecule has 2 saturated carbocycles. The van der Waals surface area contributed by atoms with E-state index in [1.54, 1.807) is 19.1 Å². The van der Waals surface area contributed by atoms with E-state index < -0.39 is 18.0 Å². The molecule has 0 N–H and O–H groups in total. The van der Waals surface area contributed by atoms with Crippen molar-refractivity contribution >= 4 is 17.9 Å². The Morgan fingerprint density at radius 1 is 0.824 bits per heavy atom. The topological polar surface area (TPSA) is 78.9 Å². The van der Waals surface area contributed by atoms with Gasteiger partial charge in [0, 0.05) is 0 Å². The molecule has 188 valence electrons. The fraction of sp³-hybridized carbons (Fsp3) is 0.679. The van der Waals surface area contributed by atoms with Gasteiger partial charge in [0.1, 0.15) is 6.10 Å². The van der Waals surface area contributed by atoms with Crippen molar-refractivity contribution in [1.29, 1.82) is 0 Å². The van der Waals surface area contributed by atoms with Gasteiger partial charge >= 0.3 is 17.9 Å². The van der Waals surface area contributed by atoms with Gasteiger partial charge in [-0.3, -0.25) is 0 Å². The van der Waals surface area contributed by atoms with Crippen LogP contribution in [0.2, 0.25) is 0 Å². The Morgan fingerprint density at radius 2 is 1.35 bits per heavy atom. The molecule has 0 saturated heterocycles. The molecule has 6 heteroatoms. The van der Waals surface area contributed by atoms with Crippen LogP contribution in [0.5, 0.6) is 0 Å². The number of benzene rings is 1. The van der Waals surface area contributed by atoms with E-state index in [-0.39, 0.29) is 24.2 Å². The van der Waals surface area contributed by atoms with E-state index in [1.807, 2.05) is 0 Å². The summed E-state index contributed by atoms with van der Waals surface area (Å²) in [6.07, 6.45) is 11.3. The highest BCUT2D eigenvalue weighted by atomic mass is 16.6. The summed E-state index contributed by atoms with van der Waals surface area (Å²) in [6.45, 7) is 5.66. The van der Waals surface area contributed by atoms with Gasteiger partial charge in [-0.05, 0) is 94.4 Å². The lowest BCUT2D eigenvalue weighted by atomic mass is 9.70. The maximum atomic E-state index is 12.6. The zero-order chi connectivity index (χ0) is 24.5. The number of carbonyl (C=O) groups excluding carboxylic acids is 3. The molecule has 2 aliphatic carbocycles. The summed E-state index contributed by atoms with van der Waals surface area (Å²) in [5.41, 5.74) is 0.674. The second kappa shape index (κ2) is 12.9. The molecule has 2 fully saturated rings. The smallest absolute Gasteiger partial charge is 0.347 e. The lowest BCUT2D eigenvalue weighted by Gasteiger charge is -2.37. The predicted octanol–water partition coefficient (Wildman–Crippen LogP) is 6.12. The van der Waals surface area contributed by atoms with Crippen molar-refractivity contribution in [3.05, 3.63) is 35.4 Å². The molecule has 0 unspecified atom stereocenters. The first-order valence-electron chi connectivity index (χ1n) is 13.1. The number of ether oxygens (including phenoxy) is 3. The summed E-state index contributed by atoms with van der Waals surface area (Å²) < 4.78 is 15.7. The average molecular weight is 473 g/mol. The second-order valence-electron chi connectivity index (χ2n) is 9.89. The van der Waals surface area contributed by atoms with Gasteiger partial charge in [-0.15, -0.1) is 0 Å². The third-order valence-corrected chi connectivity index (χ3v) is 7.51. The Kier molecular flexibility index (Phi) is 9.97. The lowest BCUT2D eigenvalue weighted by Crippen LogP contribution is -2.29. The first-order valence-corrected chi connectivity index (χ1v) is 13.1. The molecular weight excluding hydrogens is 432 g/mol. The van der Waals surface area contributed by atoms with Gasteiger partial charge in [-0.1, -0.05) is 32.6 Å². The van der Waals surface area contributed by atoms with Crippen LogP contribution in [0.25, 0.3) is 0 Å². The third kappa shape index (κ3) is 7.31. The highest BCUT2D eigenvalue weighted by molar-refractivity contribution is 5.94. The highest BCUT2D eigenvalue weighted by Gasteiger charge is 2.32. The van der Waals surface area contributed by atoms with Crippen molar-refractivity contribution in [3.63, 3.8) is 0 Å². The molecule has 2 aliphatic rings. The molecule has 0 amide bonds. The summed E-state index contributed by atoms with van der Waals surface area (Å²) in [6, 6.07) is 6.16. The van der Waals surface area contributed by atoms with Crippen LogP contribution < -0.4 is 0 Å². The number of hydrogen-bond donors (Lipinski definition) is 0. The summed E-state index contributed by atoms with van der Waals surface area (Å²) in [4.78, 5) is 36.5. The monoisotopic (exact) mass is 472 g/mol. The SMILES string of the molecule is CCCC1CCC(C2CCC(OC(=O)c3ccc(C(=O)O[C@H](C)C(=O)OCC)cc3)CC2)CC1. The molecule has 0 aliphatic heterocycles. The van der Waals surface area contributed by atoms with Crippen molar-refractivity contribution in [1.82, 2.24) is 0 Å². The predicted molar refractivity (Wildman–Crippen MR) is 129 cm³/mol. The van der Waals surface area contributed by atoms with E-state index in [9.17, 15) is 14.4 Å². The van der Waals surface area contributed by atoms with Crippen molar-refractivity contribution in [2.75, 3.05) is 6.61 Å². The molecule has 0 radical (unpaired) electrons. The van der Waals surface area contributed by atoms with Crippen LogP contribution in [-0.4, -0.2) is 36.7 Å². The number of rotatable bonds is 9. The van der Waals surface area contributed by atoms with Gasteiger partial charge in [0.15, 0.2) is 6.10 Å². The molecule has 3 rings (SSSR count). The van der Waals surface area contributed by atoms with Crippen LogP contribution in [0.3, 0.4) is 0 Å². The van der Waals surface area contributed by atoms with Gasteiger partial charge in [0.2, 0.25) is 0 Å². The quantitative estimate of drug-likeness (QED) is 0.318. The van der Waals surface area contributed by atoms with E-state index in [0.29, 0.717) is 5.56 Å². The highest BCUT2D eigenvalue weighted by Crippen LogP contribution is 2.41. The summed E-state index contributed by atoms with van der Waals surface area (Å²) >= 11 is 0. The summed E-state index contributed by atoms with van der Waals surface area (Å²) in [5, 5.41) is 0. The van der Waals surface area contributed by atoms with Crippen molar-refractivity contribution in [2.45, 2.75) is 97.2 Å². The summed E-state index contributed by atoms with van der Waals surface area (Å²) in [5.74, 6) is 0.983. The Bertz CT molecular complexity index is 801. The minimum Gasteiger partial charge on any atom is -0.463 e. The average Bonchev–Trinajstić information content (AvgIpc) is 2.85. The minimum absolute atomic E-state index is 0.0322. The molecule has 1 aromatic carbocycles. The van der Waals surface area contributed by atoms with E-state index in [1.165, 1.54) is 57.6 Å². The molecule has 34 heavy (non-hydrogen) atoms. The Hall–Kier alpha value is -2.37. The molecule has 0 heterocycles. The largest absolute Gasteiger partial charge is 0.463 e. The fourth-order valence-corrected chi connectivity index (χ4v) is 5.53.